The highest BCUT2D eigenvalue weighted by Gasteiger charge is 2.19. The number of carbonyl (C=O) groups excluding carboxylic acids is 4. The van der Waals surface area contributed by atoms with Crippen molar-refractivity contribution in [2.75, 3.05) is 36.4 Å². The van der Waals surface area contributed by atoms with E-state index < -0.39 is 23.8 Å². The number of esters is 2. The standard InChI is InChI=1S/C39H34N6O8S2/c1-52-36(50)26-14-5-9-18-30(26)40-32(46)22-54-38-42-28-16-7-3-12-24(28)34(48)44(38)20-11-21-45-35(49)25-13-4-8-17-29(25)43-39(45)55-23-33(47)41-31-19-10-6-15-27(31)37(51)53-2/h3-10,12-19H,11,20-23H2,1-2H3,(H,40,46)(H,41,47). The lowest BCUT2D eigenvalue weighted by Gasteiger charge is -2.16. The number of ether oxygens (including phenoxy) is 2. The molecular formula is C39H34N6O8S2. The van der Waals surface area contributed by atoms with Crippen molar-refractivity contribution in [2.24, 2.45) is 0 Å². The molecule has 2 amide bonds. The second-order valence-electron chi connectivity index (χ2n) is 11.8. The molecule has 6 rings (SSSR count). The van der Waals surface area contributed by atoms with Crippen LogP contribution in [0.4, 0.5) is 11.4 Å². The van der Waals surface area contributed by atoms with E-state index in [1.807, 2.05) is 0 Å². The molecule has 0 fully saturated rings. The maximum Gasteiger partial charge on any atom is 0.339 e. The minimum atomic E-state index is -0.597. The molecule has 0 aliphatic rings. The summed E-state index contributed by atoms with van der Waals surface area (Å²) in [5, 5.41) is 6.83. The molecule has 2 heterocycles. The Morgan fingerprint density at radius 1 is 0.582 bits per heavy atom. The molecule has 0 radical (unpaired) electrons. The third kappa shape index (κ3) is 8.93. The first-order valence-corrected chi connectivity index (χ1v) is 18.8. The SMILES string of the molecule is COC(=O)c1ccccc1NC(=O)CSc1nc2ccccc2c(=O)n1CCCn1c(SCC(=O)Nc2ccccc2C(=O)OC)nc2ccccc2c1=O. The van der Waals surface area contributed by atoms with Gasteiger partial charge in [-0.05, 0) is 55.0 Å². The summed E-state index contributed by atoms with van der Waals surface area (Å²) in [6.45, 7) is 0.278. The summed E-state index contributed by atoms with van der Waals surface area (Å²) < 4.78 is 12.6. The molecule has 6 aromatic rings. The maximum atomic E-state index is 13.8. The Bertz CT molecular complexity index is 2380. The van der Waals surface area contributed by atoms with Gasteiger partial charge in [-0.2, -0.15) is 0 Å². The zero-order chi connectivity index (χ0) is 38.9. The monoisotopic (exact) mass is 778 g/mol. The van der Waals surface area contributed by atoms with Crippen molar-refractivity contribution in [2.45, 2.75) is 29.8 Å². The van der Waals surface area contributed by atoms with E-state index in [2.05, 4.69) is 10.6 Å². The molecule has 2 N–H and O–H groups in total. The van der Waals surface area contributed by atoms with Gasteiger partial charge in [-0.25, -0.2) is 19.6 Å². The Morgan fingerprint density at radius 2 is 0.964 bits per heavy atom. The van der Waals surface area contributed by atoms with E-state index >= 15 is 0 Å². The van der Waals surface area contributed by atoms with E-state index in [0.717, 1.165) is 23.5 Å². The lowest BCUT2D eigenvalue weighted by Crippen LogP contribution is -2.28. The summed E-state index contributed by atoms with van der Waals surface area (Å²) in [7, 11) is 2.51. The third-order valence-electron chi connectivity index (χ3n) is 8.29. The zero-order valence-corrected chi connectivity index (χ0v) is 31.3. The molecule has 16 heteroatoms. The van der Waals surface area contributed by atoms with Crippen LogP contribution in [0.2, 0.25) is 0 Å². The predicted molar refractivity (Wildman–Crippen MR) is 211 cm³/mol. The number of carbonyl (C=O) groups is 4. The molecule has 280 valence electrons. The Balaban J connectivity index is 1.21. The number of thioether (sulfide) groups is 2. The number of aromatic nitrogens is 4. The van der Waals surface area contributed by atoms with Gasteiger partial charge in [0.05, 0.1) is 70.0 Å². The smallest absolute Gasteiger partial charge is 0.339 e. The molecule has 0 aliphatic heterocycles. The number of hydrogen-bond acceptors (Lipinski definition) is 12. The highest BCUT2D eigenvalue weighted by Crippen LogP contribution is 2.23. The first-order chi connectivity index (χ1) is 26.7. The molecule has 0 unspecified atom stereocenters. The summed E-state index contributed by atoms with van der Waals surface area (Å²) in [6.07, 6.45) is 0.290. The van der Waals surface area contributed by atoms with Gasteiger partial charge in [0.15, 0.2) is 10.3 Å². The Labute approximate surface area is 322 Å². The van der Waals surface area contributed by atoms with Gasteiger partial charge in [0.2, 0.25) is 11.8 Å². The van der Waals surface area contributed by atoms with Gasteiger partial charge in [0.1, 0.15) is 0 Å². The molecule has 2 aromatic heterocycles. The molecule has 0 saturated carbocycles. The number of benzene rings is 4. The van der Waals surface area contributed by atoms with Crippen LogP contribution in [0.25, 0.3) is 21.8 Å². The predicted octanol–water partition coefficient (Wildman–Crippen LogP) is 5.23. The van der Waals surface area contributed by atoms with Crippen molar-refractivity contribution in [3.63, 3.8) is 0 Å². The van der Waals surface area contributed by atoms with Crippen molar-refractivity contribution in [1.29, 1.82) is 0 Å². The fraction of sp³-hybridized carbons (Fsp3) is 0.179. The quantitative estimate of drug-likeness (QED) is 0.0837. The van der Waals surface area contributed by atoms with E-state index in [1.165, 1.54) is 23.4 Å². The van der Waals surface area contributed by atoms with Crippen LogP contribution >= 0.6 is 23.5 Å². The molecule has 0 atom stereocenters. The number of nitrogens with one attached hydrogen (secondary N) is 2. The van der Waals surface area contributed by atoms with Gasteiger partial charge in [-0.15, -0.1) is 0 Å². The molecule has 14 nitrogen and oxygen atoms in total. The van der Waals surface area contributed by atoms with Gasteiger partial charge >= 0.3 is 11.9 Å². The van der Waals surface area contributed by atoms with Gasteiger partial charge < -0.3 is 20.1 Å². The summed E-state index contributed by atoms with van der Waals surface area (Å²) in [5.41, 5.74) is 1.27. The molecule has 0 aliphatic carbocycles. The van der Waals surface area contributed by atoms with Crippen LogP contribution in [0.15, 0.2) is 117 Å². The highest BCUT2D eigenvalue weighted by molar-refractivity contribution is 8.00. The Kier molecular flexibility index (Phi) is 12.4. The molecule has 0 bridgehead atoms. The van der Waals surface area contributed by atoms with Crippen molar-refractivity contribution < 1.29 is 28.7 Å². The van der Waals surface area contributed by atoms with Crippen molar-refractivity contribution in [3.05, 3.63) is 129 Å². The Morgan fingerprint density at radius 3 is 1.38 bits per heavy atom. The summed E-state index contributed by atoms with van der Waals surface area (Å²) in [4.78, 5) is 87.5. The minimum absolute atomic E-state index is 0.124. The lowest BCUT2D eigenvalue weighted by atomic mass is 10.2. The van der Waals surface area contributed by atoms with E-state index in [-0.39, 0.29) is 58.2 Å². The highest BCUT2D eigenvalue weighted by atomic mass is 32.2. The molecule has 0 saturated heterocycles. The van der Waals surface area contributed by atoms with E-state index in [9.17, 15) is 28.8 Å². The lowest BCUT2D eigenvalue weighted by molar-refractivity contribution is -0.114. The molecule has 4 aromatic carbocycles. The maximum absolute atomic E-state index is 13.8. The van der Waals surface area contributed by atoms with Crippen LogP contribution in [0, 0.1) is 0 Å². The summed E-state index contributed by atoms with van der Waals surface area (Å²) in [5.74, 6) is -2.30. The number of rotatable bonds is 14. The van der Waals surface area contributed by atoms with Crippen LogP contribution in [0.5, 0.6) is 0 Å². The van der Waals surface area contributed by atoms with Gasteiger partial charge in [0.25, 0.3) is 11.1 Å². The normalized spacial score (nSPS) is 10.9. The van der Waals surface area contributed by atoms with Crippen LogP contribution in [-0.2, 0) is 32.2 Å². The van der Waals surface area contributed by atoms with E-state index in [1.54, 1.807) is 97.1 Å². The van der Waals surface area contributed by atoms with Crippen molar-refractivity contribution >= 4 is 80.5 Å². The number of para-hydroxylation sites is 4. The average Bonchev–Trinajstić information content (AvgIpc) is 3.20. The number of nitrogens with zero attached hydrogens (tertiary/aromatic N) is 4. The van der Waals surface area contributed by atoms with Gasteiger partial charge in [-0.3, -0.25) is 28.3 Å². The molecule has 55 heavy (non-hydrogen) atoms. The van der Waals surface area contributed by atoms with Crippen LogP contribution in [0.3, 0.4) is 0 Å². The second kappa shape index (κ2) is 17.7. The van der Waals surface area contributed by atoms with Crippen LogP contribution in [-0.4, -0.2) is 68.6 Å². The van der Waals surface area contributed by atoms with Crippen molar-refractivity contribution in [1.82, 2.24) is 19.1 Å². The fourth-order valence-corrected chi connectivity index (χ4v) is 7.34. The van der Waals surface area contributed by atoms with Crippen LogP contribution in [0.1, 0.15) is 27.1 Å². The minimum Gasteiger partial charge on any atom is -0.465 e. The van der Waals surface area contributed by atoms with E-state index in [0.29, 0.717) is 38.5 Å². The van der Waals surface area contributed by atoms with Gasteiger partial charge in [0, 0.05) is 13.1 Å². The third-order valence-corrected chi connectivity index (χ3v) is 10.2. The summed E-state index contributed by atoms with van der Waals surface area (Å²) >= 11 is 2.12. The van der Waals surface area contributed by atoms with Gasteiger partial charge in [-0.1, -0.05) is 72.1 Å². The summed E-state index contributed by atoms with van der Waals surface area (Å²) in [6, 6.07) is 26.7. The average molecular weight is 779 g/mol. The first kappa shape index (κ1) is 38.5. The number of hydrogen-bond donors (Lipinski definition) is 2. The molecular weight excluding hydrogens is 745 g/mol. The Hall–Kier alpha value is -6.26. The number of fused-ring (bicyclic) bond motifs is 2. The molecule has 0 spiro atoms. The number of anilines is 2. The largest absolute Gasteiger partial charge is 0.465 e. The topological polar surface area (TPSA) is 181 Å². The van der Waals surface area contributed by atoms with Crippen molar-refractivity contribution in [3.8, 4) is 0 Å². The van der Waals surface area contributed by atoms with Crippen LogP contribution < -0.4 is 21.8 Å². The zero-order valence-electron chi connectivity index (χ0n) is 29.6. The first-order valence-electron chi connectivity index (χ1n) is 16.9. The number of methoxy groups -OCH3 is 2. The van der Waals surface area contributed by atoms with E-state index in [4.69, 9.17) is 19.4 Å². The fourth-order valence-electron chi connectivity index (χ4n) is 5.69. The number of amides is 2. The second-order valence-corrected chi connectivity index (χ2v) is 13.7.